The van der Waals surface area contributed by atoms with Crippen molar-refractivity contribution < 1.29 is 22.5 Å². The lowest BCUT2D eigenvalue weighted by Gasteiger charge is -2.17. The average Bonchev–Trinajstić information content (AvgIpc) is 3.64. The first-order chi connectivity index (χ1) is 19.3. The first kappa shape index (κ1) is 27.5. The van der Waals surface area contributed by atoms with Gasteiger partial charge in [0.25, 0.3) is 0 Å². The summed E-state index contributed by atoms with van der Waals surface area (Å²) in [5, 5.41) is 9.09. The van der Waals surface area contributed by atoms with E-state index in [0.29, 0.717) is 17.1 Å². The zero-order valence-corrected chi connectivity index (χ0v) is 23.6. The van der Waals surface area contributed by atoms with E-state index in [2.05, 4.69) is 10.0 Å². The van der Waals surface area contributed by atoms with Crippen molar-refractivity contribution in [3.05, 3.63) is 106 Å². The standard InChI is InChI=1S/C28H24N4O5S3/c1-37-27(33)21-11-9-19(10-12-21)24-16-39-28(31-24)30-23(15-18-7-13-22(14-8-18)32-40(34,35)36)25-17-38-26(29-25)20-5-3-2-4-6-20/h2-14,16-17,23,32H,15H2,1H3,(H,30,31)(H,34,35,36). The first-order valence-electron chi connectivity index (χ1n) is 12.0. The van der Waals surface area contributed by atoms with Crippen molar-refractivity contribution in [3.8, 4) is 21.8 Å². The fourth-order valence-electron chi connectivity index (χ4n) is 4.00. The van der Waals surface area contributed by atoms with Crippen molar-refractivity contribution >= 4 is 49.8 Å². The molecule has 12 heteroatoms. The van der Waals surface area contributed by atoms with Gasteiger partial charge in [-0.25, -0.2) is 14.8 Å². The highest BCUT2D eigenvalue weighted by Gasteiger charge is 2.19. The summed E-state index contributed by atoms with van der Waals surface area (Å²) in [5.74, 6) is -0.394. The molecule has 0 aliphatic rings. The Kier molecular flexibility index (Phi) is 8.21. The zero-order chi connectivity index (χ0) is 28.1. The second-order valence-corrected chi connectivity index (χ2v) is 11.6. The molecule has 2 aromatic heterocycles. The van der Waals surface area contributed by atoms with Gasteiger partial charge in [0, 0.05) is 21.9 Å². The molecule has 0 saturated heterocycles. The zero-order valence-electron chi connectivity index (χ0n) is 21.1. The van der Waals surface area contributed by atoms with E-state index in [1.165, 1.54) is 18.4 Å². The van der Waals surface area contributed by atoms with E-state index in [4.69, 9.17) is 19.3 Å². The van der Waals surface area contributed by atoms with E-state index in [0.717, 1.165) is 33.1 Å². The normalized spacial score (nSPS) is 12.1. The van der Waals surface area contributed by atoms with Crippen molar-refractivity contribution in [3.63, 3.8) is 0 Å². The number of ether oxygens (including phenoxy) is 1. The van der Waals surface area contributed by atoms with Gasteiger partial charge in [-0.2, -0.15) is 8.42 Å². The van der Waals surface area contributed by atoms with Crippen LogP contribution in [0.4, 0.5) is 10.8 Å². The van der Waals surface area contributed by atoms with Crippen molar-refractivity contribution in [1.82, 2.24) is 9.97 Å². The second-order valence-electron chi connectivity index (χ2n) is 8.73. The molecule has 0 radical (unpaired) electrons. The molecule has 40 heavy (non-hydrogen) atoms. The number of rotatable bonds is 10. The van der Waals surface area contributed by atoms with Gasteiger partial charge in [0.1, 0.15) is 5.01 Å². The number of anilines is 2. The summed E-state index contributed by atoms with van der Waals surface area (Å²) < 4.78 is 38.1. The molecule has 1 atom stereocenters. The molecule has 0 amide bonds. The van der Waals surface area contributed by atoms with E-state index in [1.807, 2.05) is 53.2 Å². The number of carbonyl (C=O) groups is 1. The molecule has 3 N–H and O–H groups in total. The SMILES string of the molecule is COC(=O)c1ccc(-c2csc(NC(Cc3ccc(NS(=O)(=O)O)cc3)c3csc(-c4ccccc4)n3)n2)cc1. The summed E-state index contributed by atoms with van der Waals surface area (Å²) in [6, 6.07) is 23.6. The minimum Gasteiger partial charge on any atom is -0.465 e. The summed E-state index contributed by atoms with van der Waals surface area (Å²) >= 11 is 3.02. The molecule has 0 spiro atoms. The number of methoxy groups -OCH3 is 1. The Morgan fingerprint density at radius 1 is 0.925 bits per heavy atom. The number of carbonyl (C=O) groups excluding carboxylic acids is 1. The third kappa shape index (κ3) is 6.90. The molecule has 5 aromatic rings. The molecule has 0 fully saturated rings. The van der Waals surface area contributed by atoms with Gasteiger partial charge in [0.05, 0.1) is 35.8 Å². The molecule has 204 valence electrons. The minimum atomic E-state index is -4.35. The Balaban J connectivity index is 1.39. The Morgan fingerprint density at radius 2 is 1.65 bits per heavy atom. The summed E-state index contributed by atoms with van der Waals surface area (Å²) in [7, 11) is -3.00. The maximum absolute atomic E-state index is 11.8. The van der Waals surface area contributed by atoms with Crippen LogP contribution < -0.4 is 10.0 Å². The highest BCUT2D eigenvalue weighted by Crippen LogP contribution is 2.32. The maximum atomic E-state index is 11.8. The minimum absolute atomic E-state index is 0.227. The summed E-state index contributed by atoms with van der Waals surface area (Å²) in [5.41, 5.74) is 5.19. The lowest BCUT2D eigenvalue weighted by Crippen LogP contribution is -2.14. The van der Waals surface area contributed by atoms with Crippen LogP contribution in [-0.2, 0) is 21.5 Å². The van der Waals surface area contributed by atoms with Crippen molar-refractivity contribution in [2.24, 2.45) is 0 Å². The molecule has 3 aromatic carbocycles. The van der Waals surface area contributed by atoms with Gasteiger partial charge in [-0.15, -0.1) is 22.7 Å². The fourth-order valence-corrected chi connectivity index (χ4v) is 6.09. The van der Waals surface area contributed by atoms with Crippen molar-refractivity contribution in [1.29, 1.82) is 0 Å². The van der Waals surface area contributed by atoms with Crippen molar-refractivity contribution in [2.45, 2.75) is 12.5 Å². The van der Waals surface area contributed by atoms with Crippen LogP contribution in [-0.4, -0.2) is 36.0 Å². The van der Waals surface area contributed by atoms with Crippen LogP contribution in [0.15, 0.2) is 89.6 Å². The van der Waals surface area contributed by atoms with Gasteiger partial charge in [0.2, 0.25) is 0 Å². The molecule has 9 nitrogen and oxygen atoms in total. The average molecular weight is 593 g/mol. The molecule has 0 bridgehead atoms. The topological polar surface area (TPSA) is 131 Å². The predicted molar refractivity (Wildman–Crippen MR) is 158 cm³/mol. The van der Waals surface area contributed by atoms with Gasteiger partial charge in [-0.1, -0.05) is 54.6 Å². The Hall–Kier alpha value is -4.10. The van der Waals surface area contributed by atoms with Gasteiger partial charge < -0.3 is 10.1 Å². The van der Waals surface area contributed by atoms with Gasteiger partial charge in [-0.3, -0.25) is 9.27 Å². The second kappa shape index (κ2) is 12.0. The summed E-state index contributed by atoms with van der Waals surface area (Å²) in [6.07, 6.45) is 0.548. The number of nitrogens with zero attached hydrogens (tertiary/aromatic N) is 2. The lowest BCUT2D eigenvalue weighted by molar-refractivity contribution is 0.0600. The van der Waals surface area contributed by atoms with Crippen LogP contribution in [0, 0.1) is 0 Å². The number of nitrogens with one attached hydrogen (secondary N) is 2. The molecule has 0 saturated carbocycles. The predicted octanol–water partition coefficient (Wildman–Crippen LogP) is 6.33. The van der Waals surface area contributed by atoms with Gasteiger partial charge in [-0.05, 0) is 36.2 Å². The Bertz CT molecular complexity index is 1700. The van der Waals surface area contributed by atoms with Crippen molar-refractivity contribution in [2.75, 3.05) is 17.1 Å². The number of aromatic nitrogens is 2. The third-order valence-electron chi connectivity index (χ3n) is 5.94. The Morgan fingerprint density at radius 3 is 2.33 bits per heavy atom. The molecule has 1 unspecified atom stereocenters. The highest BCUT2D eigenvalue weighted by molar-refractivity contribution is 7.87. The van der Waals surface area contributed by atoms with Crippen LogP contribution in [0.5, 0.6) is 0 Å². The molecular weight excluding hydrogens is 569 g/mol. The number of benzene rings is 3. The van der Waals surface area contributed by atoms with E-state index < -0.39 is 16.3 Å². The van der Waals surface area contributed by atoms with E-state index >= 15 is 0 Å². The molecule has 0 aliphatic carbocycles. The maximum Gasteiger partial charge on any atom is 0.357 e. The number of esters is 1. The molecule has 5 rings (SSSR count). The van der Waals surface area contributed by atoms with Crippen LogP contribution in [0.25, 0.3) is 21.8 Å². The van der Waals surface area contributed by atoms with E-state index in [1.54, 1.807) is 47.7 Å². The Labute approximate surface area is 239 Å². The molecule has 2 heterocycles. The number of hydrogen-bond acceptors (Lipinski definition) is 9. The molecular formula is C28H24N4O5S3. The quantitative estimate of drug-likeness (QED) is 0.127. The van der Waals surface area contributed by atoms with Crippen LogP contribution >= 0.6 is 22.7 Å². The van der Waals surface area contributed by atoms with E-state index in [-0.39, 0.29) is 11.7 Å². The summed E-state index contributed by atoms with van der Waals surface area (Å²) in [4.78, 5) is 21.4. The number of thiazole rings is 2. The summed E-state index contributed by atoms with van der Waals surface area (Å²) in [6.45, 7) is 0. The smallest absolute Gasteiger partial charge is 0.357 e. The largest absolute Gasteiger partial charge is 0.465 e. The lowest BCUT2D eigenvalue weighted by atomic mass is 10.0. The van der Waals surface area contributed by atoms with Crippen LogP contribution in [0.3, 0.4) is 0 Å². The monoisotopic (exact) mass is 592 g/mol. The van der Waals surface area contributed by atoms with Crippen LogP contribution in [0.1, 0.15) is 27.7 Å². The first-order valence-corrected chi connectivity index (χ1v) is 15.2. The van der Waals surface area contributed by atoms with Gasteiger partial charge >= 0.3 is 16.3 Å². The fraction of sp³-hybridized carbons (Fsp3) is 0.107. The molecule has 0 aliphatic heterocycles. The highest BCUT2D eigenvalue weighted by atomic mass is 32.2. The van der Waals surface area contributed by atoms with Gasteiger partial charge in [0.15, 0.2) is 5.13 Å². The van der Waals surface area contributed by atoms with E-state index in [9.17, 15) is 13.2 Å². The van der Waals surface area contributed by atoms with Crippen LogP contribution in [0.2, 0.25) is 0 Å². The third-order valence-corrected chi connectivity index (χ3v) is 8.12. The number of hydrogen-bond donors (Lipinski definition) is 3.